The number of anilines is 2. The third-order valence-electron chi connectivity index (χ3n) is 4.76. The zero-order chi connectivity index (χ0) is 21.9. The second kappa shape index (κ2) is 8.66. The Morgan fingerprint density at radius 2 is 1.87 bits per heavy atom. The van der Waals surface area contributed by atoms with E-state index < -0.39 is 34.2 Å². The lowest BCUT2D eigenvalue weighted by Crippen LogP contribution is -2.52. The highest BCUT2D eigenvalue weighted by Gasteiger charge is 2.28. The number of nitrogens with two attached hydrogens (primary N) is 1. The predicted octanol–water partition coefficient (Wildman–Crippen LogP) is 0.434. The van der Waals surface area contributed by atoms with Crippen molar-refractivity contribution in [2.45, 2.75) is 0 Å². The van der Waals surface area contributed by atoms with E-state index in [2.05, 4.69) is 4.98 Å². The maximum Gasteiger partial charge on any atom is 0.252 e. The number of amides is 2. The molecule has 0 atom stereocenters. The molecule has 0 radical (unpaired) electrons. The molecule has 2 aromatic rings. The Morgan fingerprint density at radius 1 is 1.17 bits per heavy atom. The Bertz CT molecular complexity index is 1050. The summed E-state index contributed by atoms with van der Waals surface area (Å²) in [6.45, 7) is 1.00. The number of aromatic nitrogens is 1. The van der Waals surface area contributed by atoms with Crippen LogP contribution in [0.1, 0.15) is 10.4 Å². The van der Waals surface area contributed by atoms with E-state index in [0.717, 1.165) is 16.6 Å². The van der Waals surface area contributed by atoms with Crippen LogP contribution in [0, 0.1) is 5.82 Å². The molecular weight excluding hydrogens is 413 g/mol. The van der Waals surface area contributed by atoms with E-state index in [4.69, 9.17) is 5.73 Å². The number of primary amides is 1. The van der Waals surface area contributed by atoms with Crippen LogP contribution in [0.2, 0.25) is 0 Å². The van der Waals surface area contributed by atoms with E-state index in [0.29, 0.717) is 37.6 Å². The summed E-state index contributed by atoms with van der Waals surface area (Å²) in [4.78, 5) is 32.0. The molecule has 0 unspecified atom stereocenters. The molecule has 9 nitrogen and oxygen atoms in total. The number of halogens is 1. The Labute approximate surface area is 173 Å². The maximum absolute atomic E-state index is 13.5. The minimum Gasteiger partial charge on any atom is -0.365 e. The second-order valence-corrected chi connectivity index (χ2v) is 8.76. The van der Waals surface area contributed by atoms with Gasteiger partial charge in [0, 0.05) is 32.4 Å². The van der Waals surface area contributed by atoms with E-state index in [1.54, 1.807) is 18.3 Å². The van der Waals surface area contributed by atoms with Gasteiger partial charge in [0.25, 0.3) is 5.91 Å². The minimum absolute atomic E-state index is 0.0871. The molecule has 11 heteroatoms. The number of piperazine rings is 1. The van der Waals surface area contributed by atoms with Crippen molar-refractivity contribution in [1.29, 1.82) is 0 Å². The molecule has 0 saturated carbocycles. The number of carbonyl (C=O) groups excluding carboxylic acids is 2. The molecule has 160 valence electrons. The molecule has 1 aliphatic heterocycles. The molecule has 30 heavy (non-hydrogen) atoms. The van der Waals surface area contributed by atoms with Crippen molar-refractivity contribution in [3.63, 3.8) is 0 Å². The number of rotatable bonds is 6. The molecule has 2 N–H and O–H groups in total. The van der Waals surface area contributed by atoms with Gasteiger partial charge in [0.15, 0.2) is 0 Å². The molecule has 2 heterocycles. The Hall–Kier alpha value is -3.21. The molecule has 1 aromatic carbocycles. The minimum atomic E-state index is -3.79. The number of hydrogen-bond acceptors (Lipinski definition) is 6. The average Bonchev–Trinajstić information content (AvgIpc) is 2.71. The number of hydrogen-bond donors (Lipinski definition) is 1. The largest absolute Gasteiger partial charge is 0.365 e. The van der Waals surface area contributed by atoms with Gasteiger partial charge in [0.2, 0.25) is 15.9 Å². The van der Waals surface area contributed by atoms with Crippen molar-refractivity contribution < 1.29 is 22.4 Å². The Kier molecular flexibility index (Phi) is 6.20. The van der Waals surface area contributed by atoms with Crippen molar-refractivity contribution in [2.24, 2.45) is 5.73 Å². The van der Waals surface area contributed by atoms with Crippen LogP contribution < -0.4 is 14.9 Å². The number of nitrogens with zero attached hydrogens (tertiary/aromatic N) is 4. The topological polar surface area (TPSA) is 117 Å². The lowest BCUT2D eigenvalue weighted by Gasteiger charge is -2.36. The van der Waals surface area contributed by atoms with Crippen molar-refractivity contribution >= 4 is 33.3 Å². The molecule has 0 bridgehead atoms. The van der Waals surface area contributed by atoms with E-state index in [-0.39, 0.29) is 5.69 Å². The van der Waals surface area contributed by atoms with Gasteiger partial charge in [-0.25, -0.2) is 17.8 Å². The average molecular weight is 435 g/mol. The van der Waals surface area contributed by atoms with E-state index in [1.807, 2.05) is 4.90 Å². The third kappa shape index (κ3) is 4.85. The summed E-state index contributed by atoms with van der Waals surface area (Å²) < 4.78 is 38.8. The van der Waals surface area contributed by atoms with Crippen LogP contribution in [0.15, 0.2) is 42.6 Å². The van der Waals surface area contributed by atoms with Crippen LogP contribution in [-0.2, 0) is 14.8 Å². The standard InChI is InChI=1S/C19H22FN5O4S/c1-30(28,29)25(15-5-2-4-14(20)12-15)13-17(26)23-8-10-24(11-9-23)19-16(18(21)27)6-3-7-22-19/h2-7,12H,8-11,13H2,1H3,(H2,21,27). The van der Waals surface area contributed by atoms with Crippen molar-refractivity contribution in [2.75, 3.05) is 48.2 Å². The summed E-state index contributed by atoms with van der Waals surface area (Å²) in [5.41, 5.74) is 5.78. The molecule has 1 aliphatic rings. The summed E-state index contributed by atoms with van der Waals surface area (Å²) in [6, 6.07) is 8.29. The van der Waals surface area contributed by atoms with Crippen molar-refractivity contribution in [1.82, 2.24) is 9.88 Å². The number of sulfonamides is 1. The first-order valence-corrected chi connectivity index (χ1v) is 11.0. The quantitative estimate of drug-likeness (QED) is 0.704. The highest BCUT2D eigenvalue weighted by molar-refractivity contribution is 7.92. The lowest BCUT2D eigenvalue weighted by atomic mass is 10.2. The van der Waals surface area contributed by atoms with Gasteiger partial charge in [0.05, 0.1) is 17.5 Å². The highest BCUT2D eigenvalue weighted by atomic mass is 32.2. The van der Waals surface area contributed by atoms with Crippen LogP contribution >= 0.6 is 0 Å². The van der Waals surface area contributed by atoms with Crippen LogP contribution in [0.3, 0.4) is 0 Å². The number of pyridine rings is 1. The molecule has 1 saturated heterocycles. The van der Waals surface area contributed by atoms with Gasteiger partial charge in [-0.3, -0.25) is 13.9 Å². The van der Waals surface area contributed by atoms with Gasteiger partial charge in [0.1, 0.15) is 18.2 Å². The fraction of sp³-hybridized carbons (Fsp3) is 0.316. The fourth-order valence-electron chi connectivity index (χ4n) is 3.26. The third-order valence-corrected chi connectivity index (χ3v) is 5.90. The molecule has 3 rings (SSSR count). The van der Waals surface area contributed by atoms with Crippen LogP contribution in [-0.4, -0.2) is 69.1 Å². The monoisotopic (exact) mass is 435 g/mol. The molecular formula is C19H22FN5O4S. The summed E-state index contributed by atoms with van der Waals surface area (Å²) in [6.07, 6.45) is 2.53. The van der Waals surface area contributed by atoms with Crippen LogP contribution in [0.4, 0.5) is 15.9 Å². The molecule has 2 amide bonds. The van der Waals surface area contributed by atoms with Crippen LogP contribution in [0.25, 0.3) is 0 Å². The van der Waals surface area contributed by atoms with Crippen molar-refractivity contribution in [3.8, 4) is 0 Å². The number of carbonyl (C=O) groups is 2. The first-order valence-electron chi connectivity index (χ1n) is 9.17. The summed E-state index contributed by atoms with van der Waals surface area (Å²) in [5.74, 6) is -1.13. The van der Waals surface area contributed by atoms with E-state index in [1.165, 1.54) is 23.1 Å². The smallest absolute Gasteiger partial charge is 0.252 e. The van der Waals surface area contributed by atoms with Gasteiger partial charge < -0.3 is 15.5 Å². The summed E-state index contributed by atoms with van der Waals surface area (Å²) in [5, 5.41) is 0. The van der Waals surface area contributed by atoms with Gasteiger partial charge in [-0.2, -0.15) is 0 Å². The molecule has 1 fully saturated rings. The number of benzene rings is 1. The highest BCUT2D eigenvalue weighted by Crippen LogP contribution is 2.21. The van der Waals surface area contributed by atoms with Gasteiger partial charge in [-0.1, -0.05) is 6.07 Å². The first-order chi connectivity index (χ1) is 14.2. The SMILES string of the molecule is CS(=O)(=O)N(CC(=O)N1CCN(c2ncccc2C(N)=O)CC1)c1cccc(F)c1. The van der Waals surface area contributed by atoms with Gasteiger partial charge in [-0.05, 0) is 30.3 Å². The van der Waals surface area contributed by atoms with Crippen LogP contribution in [0.5, 0.6) is 0 Å². The second-order valence-electron chi connectivity index (χ2n) is 6.86. The first kappa shape index (κ1) is 21.5. The fourth-order valence-corrected chi connectivity index (χ4v) is 4.10. The van der Waals surface area contributed by atoms with Gasteiger partial charge in [-0.15, -0.1) is 0 Å². The Morgan fingerprint density at radius 3 is 2.47 bits per heavy atom. The zero-order valence-corrected chi connectivity index (χ0v) is 17.2. The Balaban J connectivity index is 1.70. The zero-order valence-electron chi connectivity index (χ0n) is 16.4. The van der Waals surface area contributed by atoms with Gasteiger partial charge >= 0.3 is 0 Å². The molecule has 0 aliphatic carbocycles. The van der Waals surface area contributed by atoms with E-state index >= 15 is 0 Å². The summed E-state index contributed by atoms with van der Waals surface area (Å²) in [7, 11) is -3.79. The van der Waals surface area contributed by atoms with Crippen molar-refractivity contribution in [3.05, 3.63) is 54.0 Å². The molecule has 0 spiro atoms. The normalized spacial score (nSPS) is 14.5. The maximum atomic E-state index is 13.5. The van der Waals surface area contributed by atoms with E-state index in [9.17, 15) is 22.4 Å². The summed E-state index contributed by atoms with van der Waals surface area (Å²) >= 11 is 0. The molecule has 1 aromatic heterocycles. The lowest BCUT2D eigenvalue weighted by molar-refractivity contribution is -0.129. The predicted molar refractivity (Wildman–Crippen MR) is 110 cm³/mol.